The smallest absolute Gasteiger partial charge is 0.387 e. The minimum absolute atomic E-state index is 0.0122. The highest BCUT2D eigenvalue weighted by Gasteiger charge is 2.13. The normalized spacial score (nSPS) is 10.8. The van der Waals surface area contributed by atoms with Crippen LogP contribution in [0, 0.1) is 5.82 Å². The number of rotatable bonds is 9. The average molecular weight is 410 g/mol. The van der Waals surface area contributed by atoms with E-state index in [9.17, 15) is 22.8 Å². The van der Waals surface area contributed by atoms with E-state index < -0.39 is 30.8 Å². The highest BCUT2D eigenvalue weighted by Crippen LogP contribution is 2.29. The number of carbonyl (C=O) groups excluding carboxylic acids is 2. The van der Waals surface area contributed by atoms with E-state index in [1.165, 1.54) is 50.6 Å². The Kier molecular flexibility index (Phi) is 7.64. The molecule has 0 saturated heterocycles. The number of methoxy groups -OCH3 is 2. The molecule has 0 aliphatic carbocycles. The van der Waals surface area contributed by atoms with Crippen molar-refractivity contribution in [2.75, 3.05) is 20.8 Å². The zero-order chi connectivity index (χ0) is 21.4. The second kappa shape index (κ2) is 10.2. The van der Waals surface area contributed by atoms with Crippen molar-refractivity contribution in [1.82, 2.24) is 0 Å². The van der Waals surface area contributed by atoms with Crippen LogP contribution in [-0.4, -0.2) is 39.2 Å². The summed E-state index contributed by atoms with van der Waals surface area (Å²) in [6, 6.07) is 7.70. The maximum Gasteiger partial charge on any atom is 0.387 e. The molecule has 0 unspecified atom stereocenters. The molecule has 0 amide bonds. The lowest BCUT2D eigenvalue weighted by molar-refractivity contribution is -0.136. The molecule has 0 bridgehead atoms. The van der Waals surface area contributed by atoms with Crippen LogP contribution in [-0.2, 0) is 9.53 Å². The van der Waals surface area contributed by atoms with E-state index in [-0.39, 0.29) is 22.8 Å². The van der Waals surface area contributed by atoms with Gasteiger partial charge in [0.1, 0.15) is 0 Å². The molecule has 2 rings (SSSR count). The monoisotopic (exact) mass is 410 g/mol. The summed E-state index contributed by atoms with van der Waals surface area (Å²) < 4.78 is 57.1. The van der Waals surface area contributed by atoms with Gasteiger partial charge in [-0.1, -0.05) is 6.07 Å². The average Bonchev–Trinajstić information content (AvgIpc) is 2.70. The van der Waals surface area contributed by atoms with Crippen LogP contribution in [0.1, 0.15) is 15.9 Å². The van der Waals surface area contributed by atoms with Crippen molar-refractivity contribution in [3.05, 3.63) is 59.4 Å². The Morgan fingerprint density at radius 2 is 1.69 bits per heavy atom. The zero-order valence-electron chi connectivity index (χ0n) is 15.5. The van der Waals surface area contributed by atoms with Gasteiger partial charge < -0.3 is 18.9 Å². The van der Waals surface area contributed by atoms with Crippen LogP contribution in [0.15, 0.2) is 42.5 Å². The van der Waals surface area contributed by atoms with Crippen molar-refractivity contribution in [2.24, 2.45) is 0 Å². The third kappa shape index (κ3) is 6.27. The zero-order valence-corrected chi connectivity index (χ0v) is 15.5. The van der Waals surface area contributed by atoms with Crippen molar-refractivity contribution >= 4 is 17.8 Å². The van der Waals surface area contributed by atoms with Crippen molar-refractivity contribution < 1.29 is 41.7 Å². The molecule has 0 fully saturated rings. The molecule has 0 heterocycles. The summed E-state index contributed by atoms with van der Waals surface area (Å²) in [6.45, 7) is -3.59. The van der Waals surface area contributed by atoms with Crippen LogP contribution in [0.25, 0.3) is 6.08 Å². The maximum absolute atomic E-state index is 13.6. The molecule has 0 radical (unpaired) electrons. The van der Waals surface area contributed by atoms with Gasteiger partial charge in [0.2, 0.25) is 0 Å². The molecule has 2 aromatic rings. The standard InChI is InChI=1S/C20H17F3O6/c1-26-16-7-5-13(10-14(16)21)15(24)11-28-19(25)8-4-12-3-6-17(29-20(22)23)18(9-12)27-2/h3-10,20H,11H2,1-2H3/b8-4+. The summed E-state index contributed by atoms with van der Waals surface area (Å²) in [4.78, 5) is 23.8. The first-order valence-corrected chi connectivity index (χ1v) is 8.18. The van der Waals surface area contributed by atoms with E-state index in [0.717, 1.165) is 12.1 Å². The number of ketones is 1. The van der Waals surface area contributed by atoms with E-state index in [2.05, 4.69) is 4.74 Å². The molecule has 0 aliphatic heterocycles. The predicted octanol–water partition coefficient (Wildman–Crippen LogP) is 3.88. The highest BCUT2D eigenvalue weighted by molar-refractivity contribution is 5.99. The Morgan fingerprint density at radius 1 is 1.00 bits per heavy atom. The molecule has 0 aromatic heterocycles. The minimum atomic E-state index is -3.00. The van der Waals surface area contributed by atoms with E-state index in [1.807, 2.05) is 0 Å². The molecule has 2 aromatic carbocycles. The molecule has 9 heteroatoms. The fourth-order valence-electron chi connectivity index (χ4n) is 2.25. The topological polar surface area (TPSA) is 71.1 Å². The molecule has 0 atom stereocenters. The number of hydrogen-bond acceptors (Lipinski definition) is 6. The van der Waals surface area contributed by atoms with Gasteiger partial charge in [0.15, 0.2) is 35.5 Å². The third-order valence-electron chi connectivity index (χ3n) is 3.63. The summed E-state index contributed by atoms with van der Waals surface area (Å²) >= 11 is 0. The number of alkyl halides is 2. The van der Waals surface area contributed by atoms with Crippen LogP contribution in [0.3, 0.4) is 0 Å². The van der Waals surface area contributed by atoms with Gasteiger partial charge in [-0.2, -0.15) is 8.78 Å². The predicted molar refractivity (Wildman–Crippen MR) is 96.9 cm³/mol. The molecular formula is C20H17F3O6. The fourth-order valence-corrected chi connectivity index (χ4v) is 2.25. The molecule has 0 aliphatic rings. The Hall–Kier alpha value is -3.49. The van der Waals surface area contributed by atoms with Crippen molar-refractivity contribution in [2.45, 2.75) is 6.61 Å². The van der Waals surface area contributed by atoms with Gasteiger partial charge in [-0.15, -0.1) is 0 Å². The molecule has 0 spiro atoms. The molecule has 6 nitrogen and oxygen atoms in total. The number of halogens is 3. The molecule has 0 N–H and O–H groups in total. The SMILES string of the molecule is COc1ccc(C(=O)COC(=O)/C=C/c2ccc(OC(F)F)c(OC)c2)cc1F. The number of benzene rings is 2. The first-order chi connectivity index (χ1) is 13.8. The van der Waals surface area contributed by atoms with Crippen LogP contribution >= 0.6 is 0 Å². The van der Waals surface area contributed by atoms with E-state index in [4.69, 9.17) is 14.2 Å². The van der Waals surface area contributed by atoms with Gasteiger partial charge in [0, 0.05) is 11.6 Å². The van der Waals surface area contributed by atoms with Gasteiger partial charge in [-0.25, -0.2) is 9.18 Å². The summed E-state index contributed by atoms with van der Waals surface area (Å²) in [5, 5.41) is 0. The number of carbonyl (C=O) groups is 2. The van der Waals surface area contributed by atoms with Crippen molar-refractivity contribution in [1.29, 1.82) is 0 Å². The minimum Gasteiger partial charge on any atom is -0.494 e. The Labute approximate surface area is 164 Å². The van der Waals surface area contributed by atoms with E-state index in [1.54, 1.807) is 0 Å². The number of ether oxygens (including phenoxy) is 4. The van der Waals surface area contributed by atoms with Crippen LogP contribution in [0.2, 0.25) is 0 Å². The van der Waals surface area contributed by atoms with Crippen molar-refractivity contribution in [3.8, 4) is 17.2 Å². The fraction of sp³-hybridized carbons (Fsp3) is 0.200. The second-order valence-corrected chi connectivity index (χ2v) is 5.50. The molecular weight excluding hydrogens is 393 g/mol. The van der Waals surface area contributed by atoms with Crippen LogP contribution in [0.4, 0.5) is 13.2 Å². The van der Waals surface area contributed by atoms with Gasteiger partial charge in [-0.3, -0.25) is 4.79 Å². The van der Waals surface area contributed by atoms with Crippen molar-refractivity contribution in [3.63, 3.8) is 0 Å². The second-order valence-electron chi connectivity index (χ2n) is 5.50. The van der Waals surface area contributed by atoms with Gasteiger partial charge >= 0.3 is 12.6 Å². The van der Waals surface area contributed by atoms with Gasteiger partial charge in [-0.05, 0) is 42.0 Å². The first-order valence-electron chi connectivity index (χ1n) is 8.18. The lowest BCUT2D eigenvalue weighted by Crippen LogP contribution is -2.12. The van der Waals surface area contributed by atoms with Crippen LogP contribution in [0.5, 0.6) is 17.2 Å². The largest absolute Gasteiger partial charge is 0.494 e. The van der Waals surface area contributed by atoms with Crippen LogP contribution < -0.4 is 14.2 Å². The summed E-state index contributed by atoms with van der Waals surface area (Å²) in [5.74, 6) is -2.24. The Balaban J connectivity index is 1.95. The molecule has 29 heavy (non-hydrogen) atoms. The Morgan fingerprint density at radius 3 is 2.31 bits per heavy atom. The molecule has 154 valence electrons. The Bertz CT molecular complexity index is 911. The van der Waals surface area contributed by atoms with E-state index in [0.29, 0.717) is 5.56 Å². The number of esters is 1. The third-order valence-corrected chi connectivity index (χ3v) is 3.63. The quantitative estimate of drug-likeness (QED) is 0.355. The summed E-state index contributed by atoms with van der Waals surface area (Å²) in [7, 11) is 2.58. The van der Waals surface area contributed by atoms with E-state index >= 15 is 0 Å². The maximum atomic E-state index is 13.6. The first kappa shape index (κ1) is 21.8. The number of Topliss-reactive ketones (excluding diaryl/α,β-unsaturated/α-hetero) is 1. The summed E-state index contributed by atoms with van der Waals surface area (Å²) in [5.41, 5.74) is 0.475. The lowest BCUT2D eigenvalue weighted by Gasteiger charge is -2.10. The molecule has 0 saturated carbocycles. The summed E-state index contributed by atoms with van der Waals surface area (Å²) in [6.07, 6.45) is 2.39. The van der Waals surface area contributed by atoms with Gasteiger partial charge in [0.05, 0.1) is 14.2 Å². The lowest BCUT2D eigenvalue weighted by atomic mass is 10.1. The number of hydrogen-bond donors (Lipinski definition) is 0. The highest BCUT2D eigenvalue weighted by atomic mass is 19.3. The van der Waals surface area contributed by atoms with Gasteiger partial charge in [0.25, 0.3) is 0 Å².